The molecule has 1 aliphatic heterocycles. The van der Waals surface area contributed by atoms with Crippen molar-refractivity contribution in [2.45, 2.75) is 40.0 Å². The van der Waals surface area contributed by atoms with Gasteiger partial charge in [0.05, 0.1) is 16.9 Å². The van der Waals surface area contributed by atoms with Crippen LogP contribution in [0, 0.1) is 13.8 Å². The number of fused-ring (bicyclic) bond motifs is 4. The van der Waals surface area contributed by atoms with E-state index in [0.717, 1.165) is 51.2 Å². The Kier molecular flexibility index (Phi) is 9.25. The van der Waals surface area contributed by atoms with Gasteiger partial charge >= 0.3 is 0 Å². The summed E-state index contributed by atoms with van der Waals surface area (Å²) in [7, 11) is 0. The molecule has 0 bridgehead atoms. The second-order valence-corrected chi connectivity index (χ2v) is 16.9. The minimum absolute atomic E-state index is 0.00496. The van der Waals surface area contributed by atoms with Crippen LogP contribution in [0.25, 0.3) is 39.0 Å². The van der Waals surface area contributed by atoms with Gasteiger partial charge in [0.25, 0.3) is 0 Å². The van der Waals surface area contributed by atoms with Crippen molar-refractivity contribution in [1.82, 2.24) is 9.55 Å². The van der Waals surface area contributed by atoms with Crippen LogP contribution in [0.2, 0.25) is 0 Å². The first kappa shape index (κ1) is 37.2. The highest BCUT2D eigenvalue weighted by Gasteiger charge is 2.41. The first-order chi connectivity index (χ1) is 29.2. The normalized spacial score (nSPS) is 12.3. The standard InChI is InChI=1S/C55H46BN3O/c1-37-17-13-18-38(2)52(37)56-48-28-10-12-30-51(48)59(44-24-16-26-46(35-44)60-45-25-15-22-41(34-45)49-32-31-42(36-57-49)55(3,4)5)54-53(56)47-27-9-11-29-50(47)58(54)43-23-14-21-40(33-43)39-19-7-6-8-20-39/h6-36H,1-5H3. The van der Waals surface area contributed by atoms with E-state index in [2.05, 4.69) is 208 Å². The highest BCUT2D eigenvalue weighted by molar-refractivity contribution is 6.99. The molecule has 0 atom stereocenters. The van der Waals surface area contributed by atoms with Gasteiger partial charge in [0.15, 0.2) is 0 Å². The first-order valence-electron chi connectivity index (χ1n) is 20.8. The smallest absolute Gasteiger partial charge is 0.250 e. The molecule has 0 amide bonds. The molecule has 0 saturated carbocycles. The quantitative estimate of drug-likeness (QED) is 0.151. The molecule has 10 rings (SSSR count). The Hall–Kier alpha value is -7.11. The van der Waals surface area contributed by atoms with Crippen molar-refractivity contribution >= 4 is 51.2 Å². The molecule has 0 N–H and O–H groups in total. The zero-order valence-corrected chi connectivity index (χ0v) is 34.7. The molecule has 0 radical (unpaired) electrons. The van der Waals surface area contributed by atoms with E-state index in [1.807, 2.05) is 24.4 Å². The molecule has 3 heterocycles. The zero-order chi connectivity index (χ0) is 41.0. The second kappa shape index (κ2) is 14.9. The lowest BCUT2D eigenvalue weighted by molar-refractivity contribution is 0.483. The summed E-state index contributed by atoms with van der Waals surface area (Å²) in [5.41, 5.74) is 16.4. The molecule has 0 unspecified atom stereocenters. The predicted octanol–water partition coefficient (Wildman–Crippen LogP) is 12.4. The SMILES string of the molecule is Cc1cccc(C)c1B1c2ccccc2N(c2cccc(Oc3cccc(-c4ccc(C(C)(C)C)cn4)c3)c2)c2c1c1ccccc1n2-c1cccc(-c2ccccc2)c1. The molecule has 0 spiro atoms. The number of ether oxygens (including phenoxy) is 1. The van der Waals surface area contributed by atoms with Crippen LogP contribution in [0.4, 0.5) is 17.2 Å². The van der Waals surface area contributed by atoms with Crippen LogP contribution >= 0.6 is 0 Å². The molecule has 9 aromatic rings. The molecule has 5 heteroatoms. The lowest BCUT2D eigenvalue weighted by Crippen LogP contribution is -2.58. The fraction of sp³-hybridized carbons (Fsp3) is 0.109. The fourth-order valence-electron chi connectivity index (χ4n) is 9.07. The lowest BCUT2D eigenvalue weighted by atomic mass is 9.34. The van der Waals surface area contributed by atoms with Crippen LogP contribution in [-0.4, -0.2) is 16.3 Å². The maximum Gasteiger partial charge on any atom is 0.250 e. The average molecular weight is 776 g/mol. The van der Waals surface area contributed by atoms with Gasteiger partial charge in [0.2, 0.25) is 6.71 Å². The molecule has 2 aromatic heterocycles. The van der Waals surface area contributed by atoms with Crippen molar-refractivity contribution in [2.24, 2.45) is 0 Å². The summed E-state index contributed by atoms with van der Waals surface area (Å²) in [5.74, 6) is 2.63. The van der Waals surface area contributed by atoms with Crippen molar-refractivity contribution in [3.05, 3.63) is 205 Å². The maximum atomic E-state index is 6.73. The van der Waals surface area contributed by atoms with Crippen LogP contribution in [-0.2, 0) is 5.41 Å². The number of para-hydroxylation sites is 2. The molecule has 0 aliphatic carbocycles. The maximum absolute atomic E-state index is 6.73. The average Bonchev–Trinajstić information content (AvgIpc) is 3.61. The number of benzene rings is 7. The van der Waals surface area contributed by atoms with E-state index in [0.29, 0.717) is 0 Å². The van der Waals surface area contributed by atoms with Gasteiger partial charge in [-0.15, -0.1) is 0 Å². The Morgan fingerprint density at radius 3 is 1.97 bits per heavy atom. The Labute approximate surface area is 353 Å². The van der Waals surface area contributed by atoms with Crippen molar-refractivity contribution in [1.29, 1.82) is 0 Å². The number of rotatable bonds is 7. The topological polar surface area (TPSA) is 30.3 Å². The number of pyridine rings is 1. The molecular formula is C55H46BN3O. The number of nitrogens with zero attached hydrogens (tertiary/aromatic N) is 3. The third kappa shape index (κ3) is 6.57. The summed E-state index contributed by atoms with van der Waals surface area (Å²) in [6, 6.07) is 65.2. The van der Waals surface area contributed by atoms with Crippen LogP contribution in [0.5, 0.6) is 11.5 Å². The van der Waals surface area contributed by atoms with Crippen molar-refractivity contribution in [2.75, 3.05) is 4.90 Å². The largest absolute Gasteiger partial charge is 0.457 e. The summed E-state index contributed by atoms with van der Waals surface area (Å²) in [5, 5.41) is 1.23. The molecule has 1 aliphatic rings. The van der Waals surface area contributed by atoms with E-state index < -0.39 is 0 Å². The van der Waals surface area contributed by atoms with E-state index in [1.54, 1.807) is 0 Å². The molecule has 0 saturated heterocycles. The van der Waals surface area contributed by atoms with Gasteiger partial charge in [0.1, 0.15) is 17.3 Å². The number of hydrogen-bond donors (Lipinski definition) is 0. The Balaban J connectivity index is 1.16. The summed E-state index contributed by atoms with van der Waals surface area (Å²) in [4.78, 5) is 7.28. The van der Waals surface area contributed by atoms with Crippen LogP contribution < -0.4 is 26.0 Å². The first-order valence-corrected chi connectivity index (χ1v) is 20.8. The Morgan fingerprint density at radius 2 is 1.18 bits per heavy atom. The van der Waals surface area contributed by atoms with Gasteiger partial charge in [-0.1, -0.05) is 159 Å². The molecule has 290 valence electrons. The van der Waals surface area contributed by atoms with Gasteiger partial charge < -0.3 is 4.74 Å². The Bertz CT molecular complexity index is 3010. The van der Waals surface area contributed by atoms with Crippen molar-refractivity contribution < 1.29 is 4.74 Å². The van der Waals surface area contributed by atoms with Gasteiger partial charge in [-0.3, -0.25) is 14.5 Å². The highest BCUT2D eigenvalue weighted by Crippen LogP contribution is 2.43. The van der Waals surface area contributed by atoms with Crippen LogP contribution in [0.15, 0.2) is 188 Å². The van der Waals surface area contributed by atoms with E-state index in [9.17, 15) is 0 Å². The molecule has 60 heavy (non-hydrogen) atoms. The monoisotopic (exact) mass is 775 g/mol. The third-order valence-electron chi connectivity index (χ3n) is 12.0. The highest BCUT2D eigenvalue weighted by atomic mass is 16.5. The van der Waals surface area contributed by atoms with E-state index in [4.69, 9.17) is 9.72 Å². The molecular weight excluding hydrogens is 729 g/mol. The summed E-state index contributed by atoms with van der Waals surface area (Å²) in [6.07, 6.45) is 1.99. The van der Waals surface area contributed by atoms with Gasteiger partial charge in [0, 0.05) is 29.2 Å². The van der Waals surface area contributed by atoms with E-state index in [1.165, 1.54) is 49.6 Å². The van der Waals surface area contributed by atoms with Crippen molar-refractivity contribution in [3.63, 3.8) is 0 Å². The number of aryl methyl sites for hydroxylation is 2. The molecule has 4 nitrogen and oxygen atoms in total. The number of hydrogen-bond acceptors (Lipinski definition) is 3. The van der Waals surface area contributed by atoms with E-state index >= 15 is 0 Å². The second-order valence-electron chi connectivity index (χ2n) is 16.9. The van der Waals surface area contributed by atoms with Crippen LogP contribution in [0.1, 0.15) is 37.5 Å². The van der Waals surface area contributed by atoms with Crippen molar-refractivity contribution in [3.8, 4) is 39.6 Å². The zero-order valence-electron chi connectivity index (χ0n) is 34.7. The number of anilines is 3. The fourth-order valence-corrected chi connectivity index (χ4v) is 9.07. The Morgan fingerprint density at radius 1 is 0.533 bits per heavy atom. The van der Waals surface area contributed by atoms with Gasteiger partial charge in [-0.25, -0.2) is 0 Å². The third-order valence-corrected chi connectivity index (χ3v) is 12.0. The summed E-state index contributed by atoms with van der Waals surface area (Å²) in [6.45, 7) is 11.1. The van der Waals surface area contributed by atoms with E-state index in [-0.39, 0.29) is 12.1 Å². The number of aromatic nitrogens is 2. The predicted molar refractivity (Wildman–Crippen MR) is 252 cm³/mol. The van der Waals surface area contributed by atoms with Crippen LogP contribution in [0.3, 0.4) is 0 Å². The molecule has 7 aromatic carbocycles. The summed E-state index contributed by atoms with van der Waals surface area (Å²) >= 11 is 0. The molecule has 0 fully saturated rings. The minimum Gasteiger partial charge on any atom is -0.457 e. The minimum atomic E-state index is 0.00496. The lowest BCUT2D eigenvalue weighted by Gasteiger charge is -2.37. The van der Waals surface area contributed by atoms with Gasteiger partial charge in [-0.05, 0) is 107 Å². The summed E-state index contributed by atoms with van der Waals surface area (Å²) < 4.78 is 9.20. The van der Waals surface area contributed by atoms with Gasteiger partial charge in [-0.2, -0.15) is 0 Å².